The molecular weight excluding hydrogens is 410 g/mol. The van der Waals surface area contributed by atoms with Crippen LogP contribution in [0.4, 0.5) is 0 Å². The van der Waals surface area contributed by atoms with Crippen LogP contribution < -0.4 is 5.32 Å². The second kappa shape index (κ2) is 10.9. The van der Waals surface area contributed by atoms with E-state index in [1.54, 1.807) is 26.1 Å². The molecule has 8 nitrogen and oxygen atoms in total. The number of ether oxygens (including phenoxy) is 2. The van der Waals surface area contributed by atoms with Crippen molar-refractivity contribution in [3.05, 3.63) is 35.0 Å². The maximum Gasteiger partial charge on any atom is 0.328 e. The number of fused-ring (bicyclic) bond motifs is 1. The summed E-state index contributed by atoms with van der Waals surface area (Å²) in [5.74, 6) is -1.59. The van der Waals surface area contributed by atoms with Crippen LogP contribution in [-0.4, -0.2) is 54.2 Å². The summed E-state index contributed by atoms with van der Waals surface area (Å²) in [4.78, 5) is 39.8. The average molecular weight is 436 g/mol. The van der Waals surface area contributed by atoms with Crippen LogP contribution in [-0.2, 0) is 30.3 Å². The van der Waals surface area contributed by atoms with Gasteiger partial charge in [0.25, 0.3) is 0 Å². The van der Waals surface area contributed by atoms with Gasteiger partial charge in [0.2, 0.25) is 5.91 Å². The summed E-state index contributed by atoms with van der Waals surface area (Å²) in [5.41, 5.74) is 1.65. The van der Waals surface area contributed by atoms with Crippen molar-refractivity contribution in [1.29, 1.82) is 5.41 Å². The van der Waals surface area contributed by atoms with Crippen LogP contribution in [0, 0.1) is 5.41 Å². The molecule has 1 amide bonds. The van der Waals surface area contributed by atoms with Gasteiger partial charge in [-0.1, -0.05) is 17.7 Å². The zero-order valence-electron chi connectivity index (χ0n) is 17.2. The third-order valence-corrected chi connectivity index (χ3v) is 4.83. The number of ketones is 1. The van der Waals surface area contributed by atoms with E-state index in [0.29, 0.717) is 11.2 Å². The smallest absolute Gasteiger partial charge is 0.328 e. The number of H-pyrrole nitrogens is 1. The van der Waals surface area contributed by atoms with Crippen LogP contribution in [0.1, 0.15) is 32.3 Å². The Kier molecular flexibility index (Phi) is 8.56. The Morgan fingerprint density at radius 2 is 2.03 bits per heavy atom. The van der Waals surface area contributed by atoms with Crippen LogP contribution in [0.2, 0.25) is 5.02 Å². The first-order valence-corrected chi connectivity index (χ1v) is 9.96. The molecule has 0 fully saturated rings. The predicted molar refractivity (Wildman–Crippen MR) is 114 cm³/mol. The first kappa shape index (κ1) is 23.6. The predicted octanol–water partition coefficient (Wildman–Crippen LogP) is 2.81. The van der Waals surface area contributed by atoms with Gasteiger partial charge in [0, 0.05) is 37.1 Å². The molecule has 2 rings (SSSR count). The van der Waals surface area contributed by atoms with Crippen LogP contribution in [0.25, 0.3) is 10.9 Å². The number of carbonyl (C=O) groups excluding carboxylic acids is 3. The van der Waals surface area contributed by atoms with Crippen molar-refractivity contribution in [2.24, 2.45) is 0 Å². The summed E-state index contributed by atoms with van der Waals surface area (Å²) in [5, 5.41) is 11.0. The van der Waals surface area contributed by atoms with E-state index in [2.05, 4.69) is 10.3 Å². The van der Waals surface area contributed by atoms with Gasteiger partial charge < -0.3 is 25.2 Å². The maximum absolute atomic E-state index is 12.8. The van der Waals surface area contributed by atoms with Crippen LogP contribution in [0.3, 0.4) is 0 Å². The van der Waals surface area contributed by atoms with E-state index in [9.17, 15) is 14.4 Å². The molecule has 0 unspecified atom stereocenters. The number of methoxy groups -OCH3 is 1. The number of carbonyl (C=O) groups is 3. The number of amides is 1. The van der Waals surface area contributed by atoms with Gasteiger partial charge in [0.1, 0.15) is 12.1 Å². The minimum Gasteiger partial charge on any atom is -0.461 e. The van der Waals surface area contributed by atoms with Crippen LogP contribution in [0.5, 0.6) is 0 Å². The lowest BCUT2D eigenvalue weighted by Crippen LogP contribution is -2.48. The Hall–Kier alpha value is -2.71. The Morgan fingerprint density at radius 1 is 1.30 bits per heavy atom. The quantitative estimate of drug-likeness (QED) is 0.370. The molecule has 162 valence electrons. The van der Waals surface area contributed by atoms with Crippen LogP contribution in [0.15, 0.2) is 24.4 Å². The summed E-state index contributed by atoms with van der Waals surface area (Å²) in [7, 11) is 1.40. The summed E-state index contributed by atoms with van der Waals surface area (Å²) >= 11 is 6.30. The highest BCUT2D eigenvalue weighted by Gasteiger charge is 2.28. The molecule has 2 aromatic rings. The summed E-state index contributed by atoms with van der Waals surface area (Å²) < 4.78 is 10.5. The van der Waals surface area contributed by atoms with E-state index in [1.807, 2.05) is 12.1 Å². The first-order valence-electron chi connectivity index (χ1n) is 9.58. The lowest BCUT2D eigenvalue weighted by atomic mass is 10.0. The van der Waals surface area contributed by atoms with Gasteiger partial charge in [0.15, 0.2) is 5.78 Å². The molecule has 1 aromatic carbocycles. The number of halogens is 1. The molecule has 3 N–H and O–H groups in total. The van der Waals surface area contributed by atoms with Gasteiger partial charge >= 0.3 is 5.97 Å². The summed E-state index contributed by atoms with van der Waals surface area (Å²) in [6.45, 7) is 3.39. The van der Waals surface area contributed by atoms with Gasteiger partial charge in [-0.2, -0.15) is 0 Å². The molecule has 0 saturated carbocycles. The third kappa shape index (κ3) is 6.14. The van der Waals surface area contributed by atoms with Gasteiger partial charge in [-0.3, -0.25) is 9.59 Å². The molecule has 1 heterocycles. The number of hydrogen-bond acceptors (Lipinski definition) is 6. The fourth-order valence-corrected chi connectivity index (χ4v) is 3.33. The second-order valence-corrected chi connectivity index (χ2v) is 7.51. The third-order valence-electron chi connectivity index (χ3n) is 4.51. The number of esters is 1. The normalized spacial score (nSPS) is 13.1. The highest BCUT2D eigenvalue weighted by molar-refractivity contribution is 6.35. The molecule has 9 heteroatoms. The van der Waals surface area contributed by atoms with Crippen molar-refractivity contribution in [2.45, 2.75) is 51.4 Å². The average Bonchev–Trinajstić information content (AvgIpc) is 3.12. The number of Topliss-reactive ketones (excluding diaryl/α,β-unsaturated/α-hetero) is 1. The van der Waals surface area contributed by atoms with E-state index >= 15 is 0 Å². The molecule has 1 aromatic heterocycles. The number of hydrogen-bond donors (Lipinski definition) is 3. The van der Waals surface area contributed by atoms with Crippen molar-refractivity contribution >= 4 is 46.4 Å². The molecule has 0 radical (unpaired) electrons. The minimum absolute atomic E-state index is 0.0286. The summed E-state index contributed by atoms with van der Waals surface area (Å²) in [6, 6.07) is 4.45. The van der Waals surface area contributed by atoms with Crippen LogP contribution >= 0.6 is 11.6 Å². The largest absolute Gasteiger partial charge is 0.461 e. The number of rotatable bonds is 11. The Morgan fingerprint density at radius 3 is 2.67 bits per heavy atom. The van der Waals surface area contributed by atoms with Gasteiger partial charge in [-0.15, -0.1) is 0 Å². The Labute approximate surface area is 179 Å². The molecule has 0 saturated heterocycles. The van der Waals surface area contributed by atoms with Crippen molar-refractivity contribution in [3.8, 4) is 0 Å². The van der Waals surface area contributed by atoms with E-state index in [4.69, 9.17) is 26.5 Å². The SMILES string of the molecule is CO[C@@H](Cc1c[nH]c2cccc(Cl)c12)C(=O)N[C@@H](CCC(=O)C=N)C(=O)OC(C)C. The number of nitrogens with one attached hydrogen (secondary N) is 3. The van der Waals surface area contributed by atoms with Gasteiger partial charge in [-0.25, -0.2) is 4.79 Å². The number of aromatic nitrogens is 1. The lowest BCUT2D eigenvalue weighted by molar-refractivity contribution is -0.152. The van der Waals surface area contributed by atoms with E-state index in [1.165, 1.54) is 7.11 Å². The zero-order valence-corrected chi connectivity index (χ0v) is 17.9. The molecule has 0 spiro atoms. The van der Waals surface area contributed by atoms with E-state index in [-0.39, 0.29) is 25.4 Å². The molecule has 0 bridgehead atoms. The zero-order chi connectivity index (χ0) is 22.3. The van der Waals surface area contributed by atoms with Crippen molar-refractivity contribution in [2.75, 3.05) is 7.11 Å². The van der Waals surface area contributed by atoms with Gasteiger partial charge in [-0.05, 0) is 38.0 Å². The molecule has 0 aliphatic carbocycles. The van der Waals surface area contributed by atoms with E-state index < -0.39 is 29.8 Å². The van der Waals surface area contributed by atoms with Gasteiger partial charge in [0.05, 0.1) is 17.3 Å². The first-order chi connectivity index (χ1) is 14.3. The highest BCUT2D eigenvalue weighted by atomic mass is 35.5. The Balaban J connectivity index is 2.15. The molecular formula is C21H26ClN3O5. The number of aromatic amines is 1. The maximum atomic E-state index is 12.8. The standard InChI is InChI=1S/C21H26ClN3O5/c1-12(2)30-21(28)17(8-7-14(26)10-23)25-20(27)18(29-3)9-13-11-24-16-6-4-5-15(22)19(13)16/h4-6,10-12,17-18,23-24H,7-9H2,1-3H3,(H,25,27)/t17-,18-/m0/s1. The lowest BCUT2D eigenvalue weighted by Gasteiger charge is -2.22. The van der Waals surface area contributed by atoms with Crippen molar-refractivity contribution in [3.63, 3.8) is 0 Å². The Bertz CT molecular complexity index is 925. The van der Waals surface area contributed by atoms with Crippen molar-refractivity contribution in [1.82, 2.24) is 10.3 Å². The number of benzene rings is 1. The summed E-state index contributed by atoms with van der Waals surface area (Å²) in [6.07, 6.45) is 1.40. The minimum atomic E-state index is -1.02. The highest BCUT2D eigenvalue weighted by Crippen LogP contribution is 2.27. The monoisotopic (exact) mass is 435 g/mol. The topological polar surface area (TPSA) is 121 Å². The fraction of sp³-hybridized carbons (Fsp3) is 0.429. The van der Waals surface area contributed by atoms with Crippen molar-refractivity contribution < 1.29 is 23.9 Å². The second-order valence-electron chi connectivity index (χ2n) is 7.10. The molecule has 0 aliphatic rings. The molecule has 2 atom stereocenters. The molecule has 30 heavy (non-hydrogen) atoms. The van der Waals surface area contributed by atoms with E-state index in [0.717, 1.165) is 16.5 Å². The fourth-order valence-electron chi connectivity index (χ4n) is 3.04. The molecule has 0 aliphatic heterocycles.